The lowest BCUT2D eigenvalue weighted by atomic mass is 9.79. The van der Waals surface area contributed by atoms with E-state index in [1.807, 2.05) is 24.3 Å². The number of carboxylic acids is 1. The van der Waals surface area contributed by atoms with Gasteiger partial charge in [-0.15, -0.1) is 0 Å². The summed E-state index contributed by atoms with van der Waals surface area (Å²) in [6, 6.07) is 15.3. The third-order valence-corrected chi connectivity index (χ3v) is 7.57. The molecule has 0 bridgehead atoms. The molecule has 2 aromatic carbocycles. The Bertz CT molecular complexity index is 1050. The van der Waals surface area contributed by atoms with Gasteiger partial charge in [0.05, 0.1) is 6.42 Å². The van der Waals surface area contributed by atoms with Gasteiger partial charge in [-0.05, 0) is 53.9 Å². The summed E-state index contributed by atoms with van der Waals surface area (Å²) >= 11 is 0. The van der Waals surface area contributed by atoms with Gasteiger partial charge in [-0.2, -0.15) is 0 Å². The monoisotopic (exact) mass is 462 g/mol. The molecule has 0 radical (unpaired) electrons. The Morgan fingerprint density at radius 1 is 0.971 bits per heavy atom. The van der Waals surface area contributed by atoms with Gasteiger partial charge in [0.2, 0.25) is 5.91 Å². The second-order valence-electron chi connectivity index (χ2n) is 9.56. The first kappa shape index (κ1) is 22.4. The van der Waals surface area contributed by atoms with Crippen molar-refractivity contribution in [2.24, 2.45) is 5.92 Å². The van der Waals surface area contributed by atoms with Crippen LogP contribution in [0.25, 0.3) is 11.1 Å². The first-order valence-electron chi connectivity index (χ1n) is 12.2. The number of fused-ring (bicyclic) bond motifs is 3. The molecule has 1 heterocycles. The summed E-state index contributed by atoms with van der Waals surface area (Å²) in [5.41, 5.74) is 4.59. The van der Waals surface area contributed by atoms with Crippen LogP contribution in [0.2, 0.25) is 0 Å². The fourth-order valence-electron chi connectivity index (χ4n) is 5.64. The number of carbonyl (C=O) groups excluding carboxylic acids is 2. The zero-order chi connectivity index (χ0) is 23.7. The van der Waals surface area contributed by atoms with E-state index in [1.165, 1.54) is 0 Å². The molecule has 178 valence electrons. The third kappa shape index (κ3) is 4.27. The molecule has 34 heavy (non-hydrogen) atoms. The van der Waals surface area contributed by atoms with E-state index in [4.69, 9.17) is 4.74 Å². The summed E-state index contributed by atoms with van der Waals surface area (Å²) in [6.07, 6.45) is 3.58. The van der Waals surface area contributed by atoms with Gasteiger partial charge in [0, 0.05) is 18.5 Å². The zero-order valence-electron chi connectivity index (χ0n) is 19.1. The topological polar surface area (TPSA) is 95.9 Å². The summed E-state index contributed by atoms with van der Waals surface area (Å²) in [4.78, 5) is 39.1. The van der Waals surface area contributed by atoms with E-state index >= 15 is 0 Å². The Kier molecular flexibility index (Phi) is 6.26. The van der Waals surface area contributed by atoms with E-state index in [9.17, 15) is 19.5 Å². The normalized spacial score (nSPS) is 20.2. The standard InChI is InChI=1S/C27H30N2O5/c30-24(31)15-18-9-6-14-29(18)26(32)25(17-7-5-8-17)28-27(33)34-16-23-21-12-3-1-10-19(21)20-11-2-4-13-22(20)23/h1-4,10-13,17-18,23,25H,5-9,14-16H2,(H,28,33)(H,30,31)/t18-,25?/m0/s1. The average Bonchev–Trinajstić information content (AvgIpc) is 3.37. The van der Waals surface area contributed by atoms with Gasteiger partial charge in [0.15, 0.2) is 0 Å². The number of nitrogens with one attached hydrogen (secondary N) is 1. The lowest BCUT2D eigenvalue weighted by Crippen LogP contribution is -2.55. The van der Waals surface area contributed by atoms with Crippen LogP contribution >= 0.6 is 0 Å². The number of carboxylic acid groups (broad SMARTS) is 1. The molecule has 1 aliphatic heterocycles. The van der Waals surface area contributed by atoms with Crippen molar-refractivity contribution in [2.75, 3.05) is 13.2 Å². The lowest BCUT2D eigenvalue weighted by Gasteiger charge is -2.36. The van der Waals surface area contributed by atoms with Crippen molar-refractivity contribution in [1.82, 2.24) is 10.2 Å². The quantitative estimate of drug-likeness (QED) is 0.644. The molecule has 1 saturated heterocycles. The zero-order valence-corrected chi connectivity index (χ0v) is 19.1. The highest BCUT2D eigenvalue weighted by molar-refractivity contribution is 5.87. The highest BCUT2D eigenvalue weighted by Gasteiger charge is 2.40. The number of hydrogen-bond donors (Lipinski definition) is 2. The Labute approximate surface area is 199 Å². The van der Waals surface area contributed by atoms with E-state index < -0.39 is 18.1 Å². The van der Waals surface area contributed by atoms with Gasteiger partial charge in [-0.1, -0.05) is 55.0 Å². The van der Waals surface area contributed by atoms with E-state index in [0.717, 1.165) is 47.9 Å². The van der Waals surface area contributed by atoms with Crippen LogP contribution < -0.4 is 5.32 Å². The Morgan fingerprint density at radius 2 is 1.62 bits per heavy atom. The smallest absolute Gasteiger partial charge is 0.407 e. The van der Waals surface area contributed by atoms with Crippen molar-refractivity contribution >= 4 is 18.0 Å². The van der Waals surface area contributed by atoms with Gasteiger partial charge in [-0.3, -0.25) is 9.59 Å². The molecular weight excluding hydrogens is 432 g/mol. The summed E-state index contributed by atoms with van der Waals surface area (Å²) in [5.74, 6) is -1.06. The van der Waals surface area contributed by atoms with Crippen LogP contribution in [0.3, 0.4) is 0 Å². The minimum atomic E-state index is -0.908. The lowest BCUT2D eigenvalue weighted by molar-refractivity contribution is -0.141. The van der Waals surface area contributed by atoms with Crippen molar-refractivity contribution in [3.8, 4) is 11.1 Å². The number of carbonyl (C=O) groups is 3. The van der Waals surface area contributed by atoms with Crippen LogP contribution in [0, 0.1) is 5.92 Å². The van der Waals surface area contributed by atoms with Crippen molar-refractivity contribution in [1.29, 1.82) is 0 Å². The maximum Gasteiger partial charge on any atom is 0.407 e. The van der Waals surface area contributed by atoms with Crippen molar-refractivity contribution < 1.29 is 24.2 Å². The molecule has 1 saturated carbocycles. The molecule has 2 amide bonds. The first-order valence-corrected chi connectivity index (χ1v) is 12.2. The number of ether oxygens (including phenoxy) is 1. The fourth-order valence-corrected chi connectivity index (χ4v) is 5.64. The number of nitrogens with zero attached hydrogens (tertiary/aromatic N) is 1. The van der Waals surface area contributed by atoms with Crippen molar-refractivity contribution in [3.63, 3.8) is 0 Å². The predicted molar refractivity (Wildman–Crippen MR) is 126 cm³/mol. The Balaban J connectivity index is 1.26. The van der Waals surface area contributed by atoms with Gasteiger partial charge >= 0.3 is 12.1 Å². The molecule has 1 unspecified atom stereocenters. The van der Waals surface area contributed by atoms with Gasteiger partial charge in [0.25, 0.3) is 0 Å². The van der Waals surface area contributed by atoms with Crippen LogP contribution in [0.5, 0.6) is 0 Å². The molecule has 5 rings (SSSR count). The van der Waals surface area contributed by atoms with Crippen LogP contribution in [0.1, 0.15) is 55.6 Å². The molecule has 2 fully saturated rings. The number of hydrogen-bond acceptors (Lipinski definition) is 4. The van der Waals surface area contributed by atoms with E-state index in [0.29, 0.717) is 13.0 Å². The molecule has 7 heteroatoms. The number of alkyl carbamates (subject to hydrolysis) is 1. The molecule has 0 spiro atoms. The second kappa shape index (κ2) is 9.49. The van der Waals surface area contributed by atoms with Gasteiger partial charge < -0.3 is 20.1 Å². The van der Waals surface area contributed by atoms with E-state index in [-0.39, 0.29) is 36.8 Å². The number of amides is 2. The van der Waals surface area contributed by atoms with E-state index in [1.54, 1.807) is 4.90 Å². The van der Waals surface area contributed by atoms with E-state index in [2.05, 4.69) is 29.6 Å². The summed E-state index contributed by atoms with van der Waals surface area (Å²) in [5, 5.41) is 12.1. The SMILES string of the molecule is O=C(O)C[C@@H]1CCCN1C(=O)C(NC(=O)OCC1c2ccccc2-c2ccccc21)C1CCC1. The van der Waals surface area contributed by atoms with Crippen molar-refractivity contribution in [2.45, 2.75) is 56.5 Å². The second-order valence-corrected chi connectivity index (χ2v) is 9.56. The maximum atomic E-state index is 13.4. The number of rotatable bonds is 7. The predicted octanol–water partition coefficient (Wildman–Crippen LogP) is 4.16. The molecule has 7 nitrogen and oxygen atoms in total. The van der Waals surface area contributed by atoms with Crippen LogP contribution in [0.15, 0.2) is 48.5 Å². The third-order valence-electron chi connectivity index (χ3n) is 7.57. The minimum absolute atomic E-state index is 0.0467. The Hall–Kier alpha value is -3.35. The minimum Gasteiger partial charge on any atom is -0.481 e. The summed E-state index contributed by atoms with van der Waals surface area (Å²) in [6.45, 7) is 0.725. The molecule has 0 aromatic heterocycles. The molecule has 2 N–H and O–H groups in total. The molecule has 2 aliphatic carbocycles. The number of aliphatic carboxylic acids is 1. The van der Waals surface area contributed by atoms with Crippen LogP contribution in [0.4, 0.5) is 4.79 Å². The number of benzene rings is 2. The molecule has 2 atom stereocenters. The Morgan fingerprint density at radius 3 is 2.21 bits per heavy atom. The fraction of sp³-hybridized carbons (Fsp3) is 0.444. The van der Waals surface area contributed by atoms with Crippen molar-refractivity contribution in [3.05, 3.63) is 59.7 Å². The summed E-state index contributed by atoms with van der Waals surface area (Å²) < 4.78 is 5.68. The molecular formula is C27H30N2O5. The van der Waals surface area contributed by atoms with Crippen LogP contribution in [-0.4, -0.2) is 53.2 Å². The highest BCUT2D eigenvalue weighted by Crippen LogP contribution is 2.44. The largest absolute Gasteiger partial charge is 0.481 e. The molecule has 3 aliphatic rings. The average molecular weight is 463 g/mol. The maximum absolute atomic E-state index is 13.4. The molecule has 2 aromatic rings. The first-order chi connectivity index (χ1) is 16.5. The van der Waals surface area contributed by atoms with Crippen LogP contribution in [-0.2, 0) is 14.3 Å². The highest BCUT2D eigenvalue weighted by atomic mass is 16.5. The van der Waals surface area contributed by atoms with Gasteiger partial charge in [0.1, 0.15) is 12.6 Å². The summed E-state index contributed by atoms with van der Waals surface area (Å²) in [7, 11) is 0. The number of likely N-dealkylation sites (tertiary alicyclic amines) is 1. The van der Waals surface area contributed by atoms with Gasteiger partial charge in [-0.25, -0.2) is 4.79 Å².